The van der Waals surface area contributed by atoms with Crippen LogP contribution in [0.3, 0.4) is 0 Å². The van der Waals surface area contributed by atoms with Crippen LogP contribution in [0, 0.1) is 5.41 Å². The van der Waals surface area contributed by atoms with Crippen LogP contribution in [-0.2, 0) is 14.3 Å². The third-order valence-corrected chi connectivity index (χ3v) is 4.32. The van der Waals surface area contributed by atoms with Crippen molar-refractivity contribution in [3.8, 4) is 0 Å². The standard InChI is InChI=1S/C17H24N4O5S/c1-12(22)11-19-9-4-10-27-14-7-5-13(6-8-14)21(17(24)26-3)15(18)20-16(23)25-2/h5-8,19H,4,9-11H2,1-3H3,(H2,18,20,23). The van der Waals surface area contributed by atoms with E-state index in [0.717, 1.165) is 35.6 Å². The summed E-state index contributed by atoms with van der Waals surface area (Å²) >= 11 is 1.63. The Morgan fingerprint density at radius 2 is 1.81 bits per heavy atom. The average molecular weight is 396 g/mol. The van der Waals surface area contributed by atoms with Gasteiger partial charge in [-0.1, -0.05) is 0 Å². The number of hydrogen-bond donors (Lipinski definition) is 3. The Bertz CT molecular complexity index is 666. The smallest absolute Gasteiger partial charge is 0.421 e. The van der Waals surface area contributed by atoms with Crippen molar-refractivity contribution in [2.45, 2.75) is 18.2 Å². The summed E-state index contributed by atoms with van der Waals surface area (Å²) in [5, 5.41) is 13.1. The molecule has 0 aromatic heterocycles. The number of ketones is 1. The lowest BCUT2D eigenvalue weighted by atomic mass is 10.3. The molecule has 0 radical (unpaired) electrons. The van der Waals surface area contributed by atoms with Crippen LogP contribution in [-0.4, -0.2) is 57.0 Å². The van der Waals surface area contributed by atoms with Crippen molar-refractivity contribution < 1.29 is 23.9 Å². The lowest BCUT2D eigenvalue weighted by Crippen LogP contribution is -2.46. The van der Waals surface area contributed by atoms with Gasteiger partial charge in [-0.15, -0.1) is 11.8 Å². The molecule has 0 bridgehead atoms. The molecule has 0 saturated heterocycles. The van der Waals surface area contributed by atoms with Gasteiger partial charge in [0, 0.05) is 4.90 Å². The van der Waals surface area contributed by atoms with Crippen molar-refractivity contribution in [3.63, 3.8) is 0 Å². The number of guanidine groups is 1. The summed E-state index contributed by atoms with van der Waals surface area (Å²) in [6.07, 6.45) is -0.769. The van der Waals surface area contributed by atoms with Gasteiger partial charge in [-0.3, -0.25) is 15.5 Å². The number of carbonyl (C=O) groups excluding carboxylic acids is 3. The molecule has 27 heavy (non-hydrogen) atoms. The van der Waals surface area contributed by atoms with Gasteiger partial charge in [-0.05, 0) is 49.9 Å². The Hall–Kier alpha value is -2.59. The monoisotopic (exact) mass is 396 g/mol. The fourth-order valence-electron chi connectivity index (χ4n) is 1.96. The highest BCUT2D eigenvalue weighted by Crippen LogP contribution is 2.23. The fourth-order valence-corrected chi connectivity index (χ4v) is 2.82. The first kappa shape index (κ1) is 22.5. The Morgan fingerprint density at radius 1 is 1.15 bits per heavy atom. The van der Waals surface area contributed by atoms with Gasteiger partial charge in [0.2, 0.25) is 5.96 Å². The van der Waals surface area contributed by atoms with Crippen molar-refractivity contribution in [2.75, 3.05) is 38.0 Å². The molecule has 0 fully saturated rings. The van der Waals surface area contributed by atoms with E-state index in [0.29, 0.717) is 12.2 Å². The maximum absolute atomic E-state index is 12.0. The molecule has 10 heteroatoms. The van der Waals surface area contributed by atoms with E-state index < -0.39 is 18.1 Å². The zero-order valence-corrected chi connectivity index (χ0v) is 16.4. The number of nitrogens with one attached hydrogen (secondary N) is 3. The molecule has 3 N–H and O–H groups in total. The van der Waals surface area contributed by atoms with Gasteiger partial charge in [0.1, 0.15) is 5.78 Å². The zero-order valence-electron chi connectivity index (χ0n) is 15.5. The van der Waals surface area contributed by atoms with Crippen molar-refractivity contribution >= 4 is 41.4 Å². The summed E-state index contributed by atoms with van der Waals surface area (Å²) in [6, 6.07) is 6.93. The molecule has 1 aromatic carbocycles. The topological polar surface area (TPSA) is 121 Å². The maximum atomic E-state index is 12.0. The van der Waals surface area contributed by atoms with E-state index in [2.05, 4.69) is 20.1 Å². The van der Waals surface area contributed by atoms with Crippen molar-refractivity contribution in [3.05, 3.63) is 24.3 Å². The third kappa shape index (κ3) is 8.09. The number of nitrogens with zero attached hydrogens (tertiary/aromatic N) is 1. The van der Waals surface area contributed by atoms with Gasteiger partial charge < -0.3 is 14.8 Å². The summed E-state index contributed by atoms with van der Waals surface area (Å²) < 4.78 is 9.10. The Labute approximate surface area is 162 Å². The van der Waals surface area contributed by atoms with Crippen LogP contribution >= 0.6 is 11.8 Å². The molecule has 0 spiro atoms. The number of ether oxygens (including phenoxy) is 2. The first-order chi connectivity index (χ1) is 12.9. The molecule has 2 amide bonds. The van der Waals surface area contributed by atoms with Crippen molar-refractivity contribution in [1.82, 2.24) is 10.6 Å². The second kappa shape index (κ2) is 11.9. The summed E-state index contributed by atoms with van der Waals surface area (Å²) in [4.78, 5) is 36.0. The summed E-state index contributed by atoms with van der Waals surface area (Å²) in [6.45, 7) is 2.69. The number of thioether (sulfide) groups is 1. The molecule has 148 valence electrons. The summed E-state index contributed by atoms with van der Waals surface area (Å²) in [7, 11) is 2.35. The molecule has 0 heterocycles. The average Bonchev–Trinajstić information content (AvgIpc) is 2.65. The van der Waals surface area contributed by atoms with Gasteiger partial charge in [0.15, 0.2) is 0 Å². The number of amides is 2. The molecule has 9 nitrogen and oxygen atoms in total. The number of carbonyl (C=O) groups is 3. The fraction of sp³-hybridized carbons (Fsp3) is 0.412. The number of anilines is 1. The predicted octanol–water partition coefficient (Wildman–Crippen LogP) is 2.21. The van der Waals surface area contributed by atoms with E-state index >= 15 is 0 Å². The quantitative estimate of drug-likeness (QED) is 0.267. The van der Waals surface area contributed by atoms with E-state index in [-0.39, 0.29) is 5.78 Å². The van der Waals surface area contributed by atoms with Gasteiger partial charge in [-0.2, -0.15) is 0 Å². The molecule has 1 rings (SSSR count). The Morgan fingerprint density at radius 3 is 2.37 bits per heavy atom. The molecule has 0 unspecified atom stereocenters. The first-order valence-electron chi connectivity index (χ1n) is 8.13. The van der Waals surface area contributed by atoms with Crippen LogP contribution in [0.5, 0.6) is 0 Å². The minimum absolute atomic E-state index is 0.112. The molecule has 0 aliphatic rings. The SMILES string of the molecule is COC(=O)NC(=N)N(C(=O)OC)c1ccc(SCCCNCC(C)=O)cc1. The van der Waals surface area contributed by atoms with E-state index in [1.54, 1.807) is 30.8 Å². The number of rotatable bonds is 8. The van der Waals surface area contributed by atoms with Gasteiger partial charge in [-0.25, -0.2) is 14.5 Å². The van der Waals surface area contributed by atoms with Crippen molar-refractivity contribution in [2.24, 2.45) is 0 Å². The van der Waals surface area contributed by atoms with Crippen LogP contribution in [0.2, 0.25) is 0 Å². The molecule has 0 aliphatic heterocycles. The molecule has 0 aliphatic carbocycles. The number of alkyl carbamates (subject to hydrolysis) is 1. The molecule has 0 atom stereocenters. The number of hydrogen-bond acceptors (Lipinski definition) is 8. The summed E-state index contributed by atoms with van der Waals surface area (Å²) in [5.41, 5.74) is 0.371. The molecule has 1 aromatic rings. The highest BCUT2D eigenvalue weighted by Gasteiger charge is 2.23. The van der Waals surface area contributed by atoms with Crippen LogP contribution in [0.15, 0.2) is 29.2 Å². The van der Waals surface area contributed by atoms with Gasteiger partial charge >= 0.3 is 12.2 Å². The van der Waals surface area contributed by atoms with Crippen LogP contribution < -0.4 is 15.5 Å². The highest BCUT2D eigenvalue weighted by molar-refractivity contribution is 7.99. The Balaban J connectivity index is 2.64. The maximum Gasteiger partial charge on any atom is 0.421 e. The third-order valence-electron chi connectivity index (χ3n) is 3.22. The molecule has 0 saturated carbocycles. The molecular weight excluding hydrogens is 372 g/mol. The minimum Gasteiger partial charge on any atom is -0.453 e. The minimum atomic E-state index is -0.862. The zero-order chi connectivity index (χ0) is 20.2. The van der Waals surface area contributed by atoms with Gasteiger partial charge in [0.05, 0.1) is 26.5 Å². The predicted molar refractivity (Wildman–Crippen MR) is 103 cm³/mol. The van der Waals surface area contributed by atoms with E-state index in [1.807, 2.05) is 12.1 Å². The number of benzene rings is 1. The van der Waals surface area contributed by atoms with Crippen LogP contribution in [0.25, 0.3) is 0 Å². The Kier molecular flexibility index (Phi) is 9.91. The lowest BCUT2D eigenvalue weighted by molar-refractivity contribution is -0.116. The largest absolute Gasteiger partial charge is 0.453 e. The lowest BCUT2D eigenvalue weighted by Gasteiger charge is -2.21. The second-order valence-corrected chi connectivity index (χ2v) is 6.51. The summed E-state index contributed by atoms with van der Waals surface area (Å²) in [5.74, 6) is 0.497. The van der Waals surface area contributed by atoms with E-state index in [4.69, 9.17) is 5.41 Å². The van der Waals surface area contributed by atoms with Gasteiger partial charge in [0.25, 0.3) is 0 Å². The first-order valence-corrected chi connectivity index (χ1v) is 9.12. The number of methoxy groups -OCH3 is 2. The van der Waals surface area contributed by atoms with Crippen molar-refractivity contribution in [1.29, 1.82) is 5.41 Å². The number of Topliss-reactive ketones (excluding diaryl/α,β-unsaturated/α-hetero) is 1. The van der Waals surface area contributed by atoms with Crippen LogP contribution in [0.1, 0.15) is 13.3 Å². The van der Waals surface area contributed by atoms with E-state index in [1.165, 1.54) is 7.11 Å². The normalized spacial score (nSPS) is 10.0. The van der Waals surface area contributed by atoms with E-state index in [9.17, 15) is 14.4 Å². The second-order valence-electron chi connectivity index (χ2n) is 5.35. The molecular formula is C17H24N4O5S. The van der Waals surface area contributed by atoms with Crippen LogP contribution in [0.4, 0.5) is 15.3 Å². The highest BCUT2D eigenvalue weighted by atomic mass is 32.2.